The molecule has 1 aromatic rings. The number of rotatable bonds is 2. The molecule has 0 atom stereocenters. The Morgan fingerprint density at radius 3 is 2.55 bits per heavy atom. The molecule has 2 rings (SSSR count). The number of thioether (sulfide) groups is 1. The third kappa shape index (κ3) is 3.74. The second-order valence-electron chi connectivity index (χ2n) is 4.78. The second-order valence-corrected chi connectivity index (χ2v) is 5.66. The largest absolute Gasteiger partial charge is 0.332 e. The van der Waals surface area contributed by atoms with Crippen molar-refractivity contribution in [3.63, 3.8) is 0 Å². The normalized spacial score (nSPS) is 16.0. The van der Waals surface area contributed by atoms with Crippen molar-refractivity contribution in [3.8, 4) is 0 Å². The minimum Gasteiger partial charge on any atom is -0.332 e. The lowest BCUT2D eigenvalue weighted by atomic mass is 10.3. The van der Waals surface area contributed by atoms with Gasteiger partial charge >= 0.3 is 11.8 Å². The summed E-state index contributed by atoms with van der Waals surface area (Å²) in [7, 11) is 2.01. The molecule has 2 amide bonds. The van der Waals surface area contributed by atoms with Crippen LogP contribution < -0.4 is 5.32 Å². The Morgan fingerprint density at radius 2 is 1.90 bits per heavy atom. The molecule has 1 aromatic carbocycles. The molecule has 20 heavy (non-hydrogen) atoms. The van der Waals surface area contributed by atoms with Crippen molar-refractivity contribution in [1.29, 1.82) is 0 Å². The third-order valence-corrected chi connectivity index (χ3v) is 4.04. The van der Waals surface area contributed by atoms with Crippen LogP contribution in [-0.2, 0) is 9.59 Å². The van der Waals surface area contributed by atoms with Gasteiger partial charge in [0.25, 0.3) is 0 Å². The van der Waals surface area contributed by atoms with E-state index in [0.29, 0.717) is 18.8 Å². The minimum atomic E-state index is -0.562. The number of hydrogen-bond donors (Lipinski definition) is 1. The maximum atomic E-state index is 12.1. The number of amides is 2. The minimum absolute atomic E-state index is 0.451. The van der Waals surface area contributed by atoms with Crippen molar-refractivity contribution in [2.45, 2.75) is 4.90 Å². The number of carbonyl (C=O) groups excluding carboxylic acids is 2. The van der Waals surface area contributed by atoms with E-state index in [9.17, 15) is 9.59 Å². The summed E-state index contributed by atoms with van der Waals surface area (Å²) in [5.41, 5.74) is 0.657. The zero-order chi connectivity index (χ0) is 14.5. The highest BCUT2D eigenvalue weighted by Crippen LogP contribution is 2.19. The van der Waals surface area contributed by atoms with Crippen molar-refractivity contribution >= 4 is 29.3 Å². The first-order chi connectivity index (χ1) is 9.60. The van der Waals surface area contributed by atoms with Gasteiger partial charge in [-0.3, -0.25) is 9.59 Å². The van der Waals surface area contributed by atoms with E-state index in [1.54, 1.807) is 22.7 Å². The molecule has 1 saturated heterocycles. The molecular formula is C14H19N3O2S. The number of carbonyl (C=O) groups is 2. The fourth-order valence-corrected chi connectivity index (χ4v) is 2.50. The predicted octanol–water partition coefficient (Wildman–Crippen LogP) is 1.12. The van der Waals surface area contributed by atoms with E-state index < -0.39 is 11.8 Å². The van der Waals surface area contributed by atoms with E-state index in [1.165, 1.54) is 0 Å². The maximum absolute atomic E-state index is 12.1. The second kappa shape index (κ2) is 6.76. The molecule has 0 unspecified atom stereocenters. The lowest BCUT2D eigenvalue weighted by Crippen LogP contribution is -2.50. The molecule has 6 heteroatoms. The van der Waals surface area contributed by atoms with Gasteiger partial charge in [0, 0.05) is 36.8 Å². The van der Waals surface area contributed by atoms with Crippen LogP contribution in [0.2, 0.25) is 0 Å². The first kappa shape index (κ1) is 14.9. The molecule has 0 spiro atoms. The van der Waals surface area contributed by atoms with Crippen LogP contribution in [0.4, 0.5) is 5.69 Å². The first-order valence-corrected chi connectivity index (χ1v) is 7.75. The number of hydrogen-bond acceptors (Lipinski definition) is 4. The maximum Gasteiger partial charge on any atom is 0.313 e. The molecule has 1 aliphatic rings. The molecule has 108 valence electrons. The highest BCUT2D eigenvalue weighted by molar-refractivity contribution is 7.98. The van der Waals surface area contributed by atoms with Gasteiger partial charge in [-0.15, -0.1) is 11.8 Å². The number of piperazine rings is 1. The molecule has 0 radical (unpaired) electrons. The molecule has 0 saturated carbocycles. The Balaban J connectivity index is 1.95. The lowest BCUT2D eigenvalue weighted by Gasteiger charge is -2.31. The average Bonchev–Trinajstić information content (AvgIpc) is 2.47. The summed E-state index contributed by atoms with van der Waals surface area (Å²) in [5.74, 6) is -1.01. The van der Waals surface area contributed by atoms with E-state index in [0.717, 1.165) is 18.0 Å². The zero-order valence-corrected chi connectivity index (χ0v) is 12.6. The van der Waals surface area contributed by atoms with Crippen molar-refractivity contribution in [2.24, 2.45) is 0 Å². The highest BCUT2D eigenvalue weighted by atomic mass is 32.2. The van der Waals surface area contributed by atoms with E-state index >= 15 is 0 Å². The fourth-order valence-electron chi connectivity index (χ4n) is 2.04. The van der Waals surface area contributed by atoms with E-state index in [2.05, 4.69) is 10.2 Å². The van der Waals surface area contributed by atoms with Crippen LogP contribution in [0, 0.1) is 0 Å². The Bertz CT molecular complexity index is 499. The number of likely N-dealkylation sites (N-methyl/N-ethyl adjacent to an activating group) is 1. The van der Waals surface area contributed by atoms with Gasteiger partial charge in [0.05, 0.1) is 0 Å². The number of nitrogens with zero attached hydrogens (tertiary/aromatic N) is 2. The van der Waals surface area contributed by atoms with Crippen LogP contribution in [0.3, 0.4) is 0 Å². The summed E-state index contributed by atoms with van der Waals surface area (Å²) in [5, 5.41) is 2.67. The summed E-state index contributed by atoms with van der Waals surface area (Å²) >= 11 is 1.59. The molecule has 1 aliphatic heterocycles. The SMILES string of the molecule is CSc1cccc(NC(=O)C(=O)N2CCN(C)CC2)c1. The topological polar surface area (TPSA) is 52.7 Å². The number of nitrogens with one attached hydrogen (secondary N) is 1. The van der Waals surface area contributed by atoms with E-state index in [4.69, 9.17) is 0 Å². The Morgan fingerprint density at radius 1 is 1.20 bits per heavy atom. The van der Waals surface area contributed by atoms with E-state index in [-0.39, 0.29) is 0 Å². The van der Waals surface area contributed by atoms with Gasteiger partial charge in [0.1, 0.15) is 0 Å². The molecule has 0 aliphatic carbocycles. The predicted molar refractivity (Wildman–Crippen MR) is 80.9 cm³/mol. The van der Waals surface area contributed by atoms with Crippen LogP contribution in [-0.4, -0.2) is 61.1 Å². The summed E-state index contributed by atoms with van der Waals surface area (Å²) < 4.78 is 0. The number of benzene rings is 1. The molecular weight excluding hydrogens is 274 g/mol. The van der Waals surface area contributed by atoms with Crippen LogP contribution >= 0.6 is 11.8 Å². The molecule has 5 nitrogen and oxygen atoms in total. The van der Waals surface area contributed by atoms with Crippen LogP contribution in [0.5, 0.6) is 0 Å². The van der Waals surface area contributed by atoms with Crippen molar-refractivity contribution in [1.82, 2.24) is 9.80 Å². The van der Waals surface area contributed by atoms with Gasteiger partial charge in [-0.2, -0.15) is 0 Å². The van der Waals surface area contributed by atoms with Gasteiger partial charge in [0.2, 0.25) is 0 Å². The summed E-state index contributed by atoms with van der Waals surface area (Å²) in [4.78, 5) is 28.8. The summed E-state index contributed by atoms with van der Waals surface area (Å²) in [6.45, 7) is 2.82. The van der Waals surface area contributed by atoms with E-state index in [1.807, 2.05) is 31.5 Å². The molecule has 1 N–H and O–H groups in total. The Labute approximate surface area is 123 Å². The quantitative estimate of drug-likeness (QED) is 0.656. The van der Waals surface area contributed by atoms with Gasteiger partial charge in [-0.1, -0.05) is 6.07 Å². The van der Waals surface area contributed by atoms with Crippen molar-refractivity contribution in [2.75, 3.05) is 44.8 Å². The van der Waals surface area contributed by atoms with Crippen molar-refractivity contribution < 1.29 is 9.59 Å². The van der Waals surface area contributed by atoms with Crippen LogP contribution in [0.1, 0.15) is 0 Å². The zero-order valence-electron chi connectivity index (χ0n) is 11.8. The fraction of sp³-hybridized carbons (Fsp3) is 0.429. The average molecular weight is 293 g/mol. The van der Waals surface area contributed by atoms with Crippen molar-refractivity contribution in [3.05, 3.63) is 24.3 Å². The van der Waals surface area contributed by atoms with Gasteiger partial charge in [-0.25, -0.2) is 0 Å². The lowest BCUT2D eigenvalue weighted by molar-refractivity contribution is -0.144. The summed E-state index contributed by atoms with van der Waals surface area (Å²) in [6.07, 6.45) is 1.97. The van der Waals surface area contributed by atoms with Crippen LogP contribution in [0.25, 0.3) is 0 Å². The first-order valence-electron chi connectivity index (χ1n) is 6.53. The van der Waals surface area contributed by atoms with Gasteiger partial charge < -0.3 is 15.1 Å². The number of anilines is 1. The Kier molecular flexibility index (Phi) is 5.03. The standard InChI is InChI=1S/C14H19N3O2S/c1-16-6-8-17(9-7-16)14(19)13(18)15-11-4-3-5-12(10-11)20-2/h3-5,10H,6-9H2,1-2H3,(H,15,18). The summed E-state index contributed by atoms with van der Waals surface area (Å²) in [6, 6.07) is 7.47. The molecule has 1 fully saturated rings. The third-order valence-electron chi connectivity index (χ3n) is 3.31. The monoisotopic (exact) mass is 293 g/mol. The smallest absolute Gasteiger partial charge is 0.313 e. The van der Waals surface area contributed by atoms with Gasteiger partial charge in [-0.05, 0) is 31.5 Å². The highest BCUT2D eigenvalue weighted by Gasteiger charge is 2.24. The van der Waals surface area contributed by atoms with Gasteiger partial charge in [0.15, 0.2) is 0 Å². The molecule has 0 aromatic heterocycles. The molecule has 0 bridgehead atoms. The molecule has 1 heterocycles. The van der Waals surface area contributed by atoms with Crippen LogP contribution in [0.15, 0.2) is 29.2 Å². The Hall–Kier alpha value is -1.53.